The Balaban J connectivity index is 2.98. The highest BCUT2D eigenvalue weighted by Gasteiger charge is 2.02. The molecule has 0 aromatic carbocycles. The molecule has 3 N–H and O–H groups in total. The molecule has 1 aromatic heterocycles. The highest BCUT2D eigenvalue weighted by Crippen LogP contribution is 2.05. The SMILES string of the molecule is CC(C)Cc1cc(N)c[nH]c1=O. The Labute approximate surface area is 71.6 Å². The summed E-state index contributed by atoms with van der Waals surface area (Å²) < 4.78 is 0. The molecule has 0 unspecified atom stereocenters. The average molecular weight is 166 g/mol. The second-order valence-electron chi connectivity index (χ2n) is 3.39. The van der Waals surface area contributed by atoms with Gasteiger partial charge >= 0.3 is 0 Å². The highest BCUT2D eigenvalue weighted by atomic mass is 16.1. The van der Waals surface area contributed by atoms with E-state index in [1.807, 2.05) is 0 Å². The van der Waals surface area contributed by atoms with Gasteiger partial charge in [0.2, 0.25) is 0 Å². The lowest BCUT2D eigenvalue weighted by Gasteiger charge is -2.03. The topological polar surface area (TPSA) is 58.9 Å². The highest BCUT2D eigenvalue weighted by molar-refractivity contribution is 5.37. The predicted octanol–water partition coefficient (Wildman–Crippen LogP) is 1.16. The van der Waals surface area contributed by atoms with Crippen molar-refractivity contribution in [2.75, 3.05) is 5.73 Å². The van der Waals surface area contributed by atoms with Gasteiger partial charge in [-0.15, -0.1) is 0 Å². The van der Waals surface area contributed by atoms with Crippen LogP contribution in [-0.2, 0) is 6.42 Å². The van der Waals surface area contributed by atoms with E-state index in [2.05, 4.69) is 18.8 Å². The fourth-order valence-corrected chi connectivity index (χ4v) is 1.14. The molecule has 0 aliphatic heterocycles. The molecular formula is C9H14N2O. The van der Waals surface area contributed by atoms with Crippen LogP contribution >= 0.6 is 0 Å². The zero-order valence-corrected chi connectivity index (χ0v) is 7.42. The van der Waals surface area contributed by atoms with E-state index in [0.717, 1.165) is 12.0 Å². The van der Waals surface area contributed by atoms with Crippen molar-refractivity contribution in [3.05, 3.63) is 28.2 Å². The van der Waals surface area contributed by atoms with Crippen LogP contribution in [0.3, 0.4) is 0 Å². The van der Waals surface area contributed by atoms with Gasteiger partial charge in [0.15, 0.2) is 0 Å². The first kappa shape index (κ1) is 8.84. The molecule has 0 aliphatic carbocycles. The number of anilines is 1. The van der Waals surface area contributed by atoms with Crippen molar-refractivity contribution in [3.8, 4) is 0 Å². The van der Waals surface area contributed by atoms with Crippen LogP contribution in [0.2, 0.25) is 0 Å². The molecular weight excluding hydrogens is 152 g/mol. The van der Waals surface area contributed by atoms with Crippen molar-refractivity contribution in [2.45, 2.75) is 20.3 Å². The molecule has 1 heterocycles. The van der Waals surface area contributed by atoms with Crippen molar-refractivity contribution in [1.82, 2.24) is 4.98 Å². The molecule has 0 spiro atoms. The quantitative estimate of drug-likeness (QED) is 0.692. The number of pyridine rings is 1. The number of aromatic amines is 1. The number of aromatic nitrogens is 1. The largest absolute Gasteiger partial charge is 0.398 e. The minimum absolute atomic E-state index is 0.0297. The molecule has 1 rings (SSSR count). The summed E-state index contributed by atoms with van der Waals surface area (Å²) in [4.78, 5) is 13.8. The van der Waals surface area contributed by atoms with Gasteiger partial charge in [0.1, 0.15) is 0 Å². The van der Waals surface area contributed by atoms with E-state index in [9.17, 15) is 4.79 Å². The van der Waals surface area contributed by atoms with Gasteiger partial charge in [0.25, 0.3) is 5.56 Å². The number of nitrogens with one attached hydrogen (secondary N) is 1. The molecule has 0 saturated carbocycles. The summed E-state index contributed by atoms with van der Waals surface area (Å²) in [6.07, 6.45) is 2.30. The van der Waals surface area contributed by atoms with E-state index in [1.165, 1.54) is 6.20 Å². The van der Waals surface area contributed by atoms with Crippen LogP contribution in [0.1, 0.15) is 19.4 Å². The summed E-state index contributed by atoms with van der Waals surface area (Å²) in [5.41, 5.74) is 6.89. The molecule has 3 heteroatoms. The molecule has 0 bridgehead atoms. The minimum atomic E-state index is -0.0297. The number of nitrogens with two attached hydrogens (primary N) is 1. The van der Waals surface area contributed by atoms with Crippen LogP contribution in [0.25, 0.3) is 0 Å². The average Bonchev–Trinajstić information content (AvgIpc) is 1.96. The summed E-state index contributed by atoms with van der Waals surface area (Å²) in [5.74, 6) is 0.480. The first-order valence-electron chi connectivity index (χ1n) is 4.06. The zero-order valence-electron chi connectivity index (χ0n) is 7.42. The third-order valence-electron chi connectivity index (χ3n) is 1.63. The van der Waals surface area contributed by atoms with E-state index in [4.69, 9.17) is 5.73 Å². The van der Waals surface area contributed by atoms with Crippen molar-refractivity contribution in [2.24, 2.45) is 5.92 Å². The van der Waals surface area contributed by atoms with E-state index in [0.29, 0.717) is 11.6 Å². The van der Waals surface area contributed by atoms with Crippen molar-refractivity contribution >= 4 is 5.69 Å². The van der Waals surface area contributed by atoms with Crippen LogP contribution in [0.4, 0.5) is 5.69 Å². The van der Waals surface area contributed by atoms with Gasteiger partial charge in [-0.1, -0.05) is 13.8 Å². The third kappa shape index (κ3) is 2.12. The molecule has 0 aliphatic rings. The van der Waals surface area contributed by atoms with Crippen LogP contribution in [0.15, 0.2) is 17.1 Å². The maximum atomic E-state index is 11.2. The Kier molecular flexibility index (Phi) is 2.53. The number of rotatable bonds is 2. The summed E-state index contributed by atoms with van der Waals surface area (Å²) in [6, 6.07) is 1.73. The number of H-pyrrole nitrogens is 1. The molecule has 12 heavy (non-hydrogen) atoms. The van der Waals surface area contributed by atoms with Gasteiger partial charge < -0.3 is 10.7 Å². The fraction of sp³-hybridized carbons (Fsp3) is 0.444. The third-order valence-corrected chi connectivity index (χ3v) is 1.63. The van der Waals surface area contributed by atoms with Gasteiger partial charge in [-0.25, -0.2) is 0 Å². The molecule has 0 saturated heterocycles. The maximum Gasteiger partial charge on any atom is 0.251 e. The lowest BCUT2D eigenvalue weighted by molar-refractivity contribution is 0.642. The Morgan fingerprint density at radius 3 is 2.83 bits per heavy atom. The normalized spacial score (nSPS) is 10.6. The first-order chi connectivity index (χ1) is 5.59. The van der Waals surface area contributed by atoms with E-state index < -0.39 is 0 Å². The minimum Gasteiger partial charge on any atom is -0.398 e. The Morgan fingerprint density at radius 1 is 1.58 bits per heavy atom. The van der Waals surface area contributed by atoms with E-state index in [1.54, 1.807) is 6.07 Å². The van der Waals surface area contributed by atoms with E-state index >= 15 is 0 Å². The van der Waals surface area contributed by atoms with Crippen LogP contribution in [-0.4, -0.2) is 4.98 Å². The van der Waals surface area contributed by atoms with Gasteiger partial charge in [-0.3, -0.25) is 4.79 Å². The zero-order chi connectivity index (χ0) is 9.14. The molecule has 0 atom stereocenters. The molecule has 0 amide bonds. The second-order valence-corrected chi connectivity index (χ2v) is 3.39. The molecule has 3 nitrogen and oxygen atoms in total. The Hall–Kier alpha value is -1.25. The van der Waals surface area contributed by atoms with Gasteiger partial charge in [-0.05, 0) is 18.4 Å². The van der Waals surface area contributed by atoms with Gasteiger partial charge in [0, 0.05) is 17.4 Å². The Bertz CT molecular complexity index is 315. The van der Waals surface area contributed by atoms with Crippen molar-refractivity contribution in [1.29, 1.82) is 0 Å². The lowest BCUT2D eigenvalue weighted by Crippen LogP contribution is -2.14. The summed E-state index contributed by atoms with van der Waals surface area (Å²) in [6.45, 7) is 4.14. The van der Waals surface area contributed by atoms with Crippen molar-refractivity contribution < 1.29 is 0 Å². The summed E-state index contributed by atoms with van der Waals surface area (Å²) >= 11 is 0. The molecule has 66 valence electrons. The van der Waals surface area contributed by atoms with Crippen LogP contribution < -0.4 is 11.3 Å². The summed E-state index contributed by atoms with van der Waals surface area (Å²) in [5, 5.41) is 0. The molecule has 0 fully saturated rings. The molecule has 1 aromatic rings. The first-order valence-corrected chi connectivity index (χ1v) is 4.06. The standard InChI is InChI=1S/C9H14N2O/c1-6(2)3-7-4-8(10)5-11-9(7)12/h4-6H,3,10H2,1-2H3,(H,11,12). The maximum absolute atomic E-state index is 11.2. The second kappa shape index (κ2) is 3.43. The monoisotopic (exact) mass is 166 g/mol. The summed E-state index contributed by atoms with van der Waals surface area (Å²) in [7, 11) is 0. The number of hydrogen-bond acceptors (Lipinski definition) is 2. The lowest BCUT2D eigenvalue weighted by atomic mass is 10.0. The fourth-order valence-electron chi connectivity index (χ4n) is 1.14. The predicted molar refractivity (Wildman–Crippen MR) is 50.0 cm³/mol. The van der Waals surface area contributed by atoms with Gasteiger partial charge in [0.05, 0.1) is 0 Å². The van der Waals surface area contributed by atoms with Crippen LogP contribution in [0.5, 0.6) is 0 Å². The molecule has 0 radical (unpaired) electrons. The number of hydrogen-bond donors (Lipinski definition) is 2. The van der Waals surface area contributed by atoms with Crippen molar-refractivity contribution in [3.63, 3.8) is 0 Å². The van der Waals surface area contributed by atoms with E-state index in [-0.39, 0.29) is 5.56 Å². The Morgan fingerprint density at radius 2 is 2.25 bits per heavy atom. The smallest absolute Gasteiger partial charge is 0.251 e. The number of nitrogen functional groups attached to an aromatic ring is 1. The van der Waals surface area contributed by atoms with Gasteiger partial charge in [-0.2, -0.15) is 0 Å². The van der Waals surface area contributed by atoms with Crippen LogP contribution in [0, 0.1) is 5.92 Å².